The van der Waals surface area contributed by atoms with Crippen molar-refractivity contribution in [2.75, 3.05) is 5.32 Å². The van der Waals surface area contributed by atoms with E-state index in [0.29, 0.717) is 11.3 Å². The van der Waals surface area contributed by atoms with Crippen molar-refractivity contribution in [3.63, 3.8) is 0 Å². The van der Waals surface area contributed by atoms with Crippen LogP contribution < -0.4 is 5.32 Å². The number of anilines is 1. The number of allylic oxidation sites excluding steroid dienone is 2. The molecular weight excluding hydrogens is 358 g/mol. The van der Waals surface area contributed by atoms with Gasteiger partial charge in [0.1, 0.15) is 10.7 Å². The number of halogens is 1. The third-order valence-electron chi connectivity index (χ3n) is 5.10. The number of benzene rings is 2. The quantitative estimate of drug-likeness (QED) is 0.466. The van der Waals surface area contributed by atoms with Crippen molar-refractivity contribution in [3.8, 4) is 0 Å². The highest BCUT2D eigenvalue weighted by Crippen LogP contribution is 2.52. The van der Waals surface area contributed by atoms with Crippen LogP contribution in [-0.4, -0.2) is 9.85 Å². The number of fused-ring (bicyclic) bond motifs is 3. The molecule has 0 aromatic heterocycles. The molecule has 132 valence electrons. The van der Waals surface area contributed by atoms with Gasteiger partial charge in [0.15, 0.2) is 0 Å². The number of hydrogen-bond acceptors (Lipinski definition) is 5. The van der Waals surface area contributed by atoms with Crippen molar-refractivity contribution >= 4 is 28.7 Å². The van der Waals surface area contributed by atoms with E-state index in [2.05, 4.69) is 17.5 Å². The van der Waals surface area contributed by atoms with Crippen molar-refractivity contribution in [1.29, 1.82) is 0 Å². The SMILES string of the molecule is O=[N+]([O-])c1cc([C@@H]2Nc3c(cccc3[N+](=O)[O-])[C@@H]3C=CC[C@H]32)ccc1Cl. The lowest BCUT2D eigenvalue weighted by molar-refractivity contribution is -0.384. The van der Waals surface area contributed by atoms with Crippen LogP contribution >= 0.6 is 11.6 Å². The lowest BCUT2D eigenvalue weighted by Gasteiger charge is -2.37. The first-order valence-electron chi connectivity index (χ1n) is 8.11. The number of hydrogen-bond donors (Lipinski definition) is 1. The number of rotatable bonds is 3. The molecule has 0 fully saturated rings. The van der Waals surface area contributed by atoms with Gasteiger partial charge in [0.25, 0.3) is 11.4 Å². The topological polar surface area (TPSA) is 98.3 Å². The highest BCUT2D eigenvalue weighted by molar-refractivity contribution is 6.32. The van der Waals surface area contributed by atoms with Gasteiger partial charge >= 0.3 is 0 Å². The van der Waals surface area contributed by atoms with Gasteiger partial charge in [-0.15, -0.1) is 0 Å². The van der Waals surface area contributed by atoms with E-state index in [1.807, 2.05) is 6.07 Å². The van der Waals surface area contributed by atoms with Crippen LogP contribution in [0.25, 0.3) is 0 Å². The minimum absolute atomic E-state index is 0.00899. The fourth-order valence-corrected chi connectivity index (χ4v) is 4.14. The Morgan fingerprint density at radius 1 is 1.08 bits per heavy atom. The molecule has 0 unspecified atom stereocenters. The fourth-order valence-electron chi connectivity index (χ4n) is 3.95. The normalized spacial score (nSPS) is 23.0. The first kappa shape index (κ1) is 16.5. The number of nitro benzene ring substituents is 2. The zero-order chi connectivity index (χ0) is 18.4. The largest absolute Gasteiger partial charge is 0.372 e. The van der Waals surface area contributed by atoms with Gasteiger partial charge in [-0.05, 0) is 29.5 Å². The molecule has 4 rings (SSSR count). The molecule has 2 aromatic carbocycles. The molecular formula is C18H14ClN3O4. The van der Waals surface area contributed by atoms with E-state index in [1.54, 1.807) is 12.1 Å². The molecule has 1 N–H and O–H groups in total. The zero-order valence-corrected chi connectivity index (χ0v) is 14.2. The lowest BCUT2D eigenvalue weighted by Crippen LogP contribution is -2.29. The van der Waals surface area contributed by atoms with Crippen LogP contribution in [-0.2, 0) is 0 Å². The van der Waals surface area contributed by atoms with Gasteiger partial charge in [0.2, 0.25) is 0 Å². The van der Waals surface area contributed by atoms with Crippen LogP contribution in [0, 0.1) is 26.1 Å². The van der Waals surface area contributed by atoms with Gasteiger partial charge in [-0.2, -0.15) is 0 Å². The second kappa shape index (κ2) is 6.10. The molecule has 2 aliphatic rings. The lowest BCUT2D eigenvalue weighted by atomic mass is 9.76. The Morgan fingerprint density at radius 2 is 1.85 bits per heavy atom. The molecule has 0 spiro atoms. The molecule has 1 aliphatic carbocycles. The van der Waals surface area contributed by atoms with Crippen molar-refractivity contribution in [1.82, 2.24) is 0 Å². The third kappa shape index (κ3) is 2.52. The van der Waals surface area contributed by atoms with E-state index < -0.39 is 9.85 Å². The van der Waals surface area contributed by atoms with E-state index >= 15 is 0 Å². The van der Waals surface area contributed by atoms with Gasteiger partial charge in [-0.25, -0.2) is 0 Å². The van der Waals surface area contributed by atoms with Crippen LogP contribution in [0.3, 0.4) is 0 Å². The molecule has 0 saturated carbocycles. The minimum atomic E-state index is -0.518. The Kier molecular flexibility index (Phi) is 3.88. The second-order valence-electron chi connectivity index (χ2n) is 6.44. The zero-order valence-electron chi connectivity index (χ0n) is 13.5. The number of nitro groups is 2. The van der Waals surface area contributed by atoms with E-state index in [0.717, 1.165) is 12.0 Å². The summed E-state index contributed by atoms with van der Waals surface area (Å²) in [5, 5.41) is 26.0. The molecule has 8 heteroatoms. The van der Waals surface area contributed by atoms with Crippen molar-refractivity contribution in [2.24, 2.45) is 5.92 Å². The first-order chi connectivity index (χ1) is 12.5. The van der Waals surface area contributed by atoms with Gasteiger partial charge in [-0.1, -0.05) is 42.0 Å². The molecule has 2 aromatic rings. The molecule has 1 aliphatic heterocycles. The summed E-state index contributed by atoms with van der Waals surface area (Å²) in [5.41, 5.74) is 1.91. The molecule has 3 atom stereocenters. The number of nitrogens with zero attached hydrogens (tertiary/aromatic N) is 2. The van der Waals surface area contributed by atoms with Gasteiger partial charge < -0.3 is 5.32 Å². The summed E-state index contributed by atoms with van der Waals surface area (Å²) >= 11 is 5.93. The van der Waals surface area contributed by atoms with Crippen molar-refractivity contribution in [2.45, 2.75) is 18.4 Å². The summed E-state index contributed by atoms with van der Waals surface area (Å²) in [6.07, 6.45) is 4.91. The number of nitrogens with one attached hydrogen (secondary N) is 1. The highest BCUT2D eigenvalue weighted by atomic mass is 35.5. The summed E-state index contributed by atoms with van der Waals surface area (Å²) in [6.45, 7) is 0. The van der Waals surface area contributed by atoms with Gasteiger partial charge in [-0.3, -0.25) is 20.2 Å². The first-order valence-corrected chi connectivity index (χ1v) is 8.49. The molecule has 1 heterocycles. The van der Waals surface area contributed by atoms with Crippen LogP contribution in [0.5, 0.6) is 0 Å². The minimum Gasteiger partial charge on any atom is -0.372 e. The van der Waals surface area contributed by atoms with Crippen molar-refractivity contribution < 1.29 is 9.85 Å². The molecule has 7 nitrogen and oxygen atoms in total. The maximum absolute atomic E-state index is 11.4. The smallest absolute Gasteiger partial charge is 0.292 e. The average Bonchev–Trinajstić information content (AvgIpc) is 3.10. The summed E-state index contributed by atoms with van der Waals surface area (Å²) in [7, 11) is 0. The maximum Gasteiger partial charge on any atom is 0.292 e. The third-order valence-corrected chi connectivity index (χ3v) is 5.42. The van der Waals surface area contributed by atoms with Crippen LogP contribution in [0.4, 0.5) is 17.1 Å². The summed E-state index contributed by atoms with van der Waals surface area (Å²) in [5.74, 6) is 0.163. The highest BCUT2D eigenvalue weighted by Gasteiger charge is 2.40. The summed E-state index contributed by atoms with van der Waals surface area (Å²) in [4.78, 5) is 21.7. The van der Waals surface area contributed by atoms with E-state index in [-0.39, 0.29) is 34.3 Å². The average molecular weight is 372 g/mol. The Morgan fingerprint density at radius 3 is 2.58 bits per heavy atom. The standard InChI is InChI=1S/C18H14ClN3O4/c19-14-8-7-10(9-16(14)22(25)26)17-12-4-1-3-11(12)13-5-2-6-15(21(23)24)18(13)20-17/h1-3,5-9,11-12,17,20H,4H2/t11-,12-,17+/m1/s1. The van der Waals surface area contributed by atoms with Gasteiger partial charge in [0.05, 0.1) is 15.9 Å². The molecule has 0 radical (unpaired) electrons. The molecule has 0 bridgehead atoms. The maximum atomic E-state index is 11.4. The summed E-state index contributed by atoms with van der Waals surface area (Å²) in [6, 6.07) is 9.46. The monoisotopic (exact) mass is 371 g/mol. The van der Waals surface area contributed by atoms with Crippen LogP contribution in [0.15, 0.2) is 48.6 Å². The molecule has 0 amide bonds. The van der Waals surface area contributed by atoms with Gasteiger partial charge in [0, 0.05) is 18.1 Å². The van der Waals surface area contributed by atoms with E-state index in [4.69, 9.17) is 11.6 Å². The Bertz CT molecular complexity index is 959. The predicted molar refractivity (Wildman–Crippen MR) is 97.6 cm³/mol. The van der Waals surface area contributed by atoms with Crippen molar-refractivity contribution in [3.05, 3.63) is 84.9 Å². The van der Waals surface area contributed by atoms with Crippen LogP contribution in [0.2, 0.25) is 5.02 Å². The Hall–Kier alpha value is -2.93. The van der Waals surface area contributed by atoms with Crippen LogP contribution in [0.1, 0.15) is 29.5 Å². The molecule has 26 heavy (non-hydrogen) atoms. The molecule has 0 saturated heterocycles. The predicted octanol–water partition coefficient (Wildman–Crippen LogP) is 4.98. The second-order valence-corrected chi connectivity index (χ2v) is 6.85. The summed E-state index contributed by atoms with van der Waals surface area (Å²) < 4.78 is 0. The van der Waals surface area contributed by atoms with E-state index in [9.17, 15) is 20.2 Å². The number of para-hydroxylation sites is 1. The van der Waals surface area contributed by atoms with E-state index in [1.165, 1.54) is 18.2 Å². The Balaban J connectivity index is 1.84. The Labute approximate surface area is 153 Å². The fraction of sp³-hybridized carbons (Fsp3) is 0.222.